The summed E-state index contributed by atoms with van der Waals surface area (Å²) in [5, 5.41) is 6.66. The van der Waals surface area contributed by atoms with Crippen LogP contribution in [0.15, 0.2) is 4.99 Å². The Morgan fingerprint density at radius 3 is 2.58 bits per heavy atom. The fourth-order valence-electron chi connectivity index (χ4n) is 3.33. The Morgan fingerprint density at radius 2 is 2.00 bits per heavy atom. The smallest absolute Gasteiger partial charge is 0.213 e. The highest BCUT2D eigenvalue weighted by Crippen LogP contribution is 2.33. The van der Waals surface area contributed by atoms with Gasteiger partial charge in [0.15, 0.2) is 5.96 Å². The topological polar surface area (TPSA) is 83.0 Å². The van der Waals surface area contributed by atoms with Crippen LogP contribution in [-0.2, 0) is 14.8 Å². The molecule has 0 aromatic heterocycles. The first kappa shape index (κ1) is 23.2. The van der Waals surface area contributed by atoms with Gasteiger partial charge in [-0.25, -0.2) is 12.7 Å². The molecule has 0 bridgehead atoms. The van der Waals surface area contributed by atoms with Crippen molar-refractivity contribution in [2.24, 2.45) is 16.3 Å². The van der Waals surface area contributed by atoms with Crippen molar-refractivity contribution < 1.29 is 13.2 Å². The maximum Gasteiger partial charge on any atom is 0.213 e. The molecule has 2 atom stereocenters. The lowest BCUT2D eigenvalue weighted by molar-refractivity contribution is -0.0835. The van der Waals surface area contributed by atoms with E-state index >= 15 is 0 Å². The summed E-state index contributed by atoms with van der Waals surface area (Å²) in [7, 11) is 0.275. The number of hydrogen-bond donors (Lipinski definition) is 2. The van der Waals surface area contributed by atoms with E-state index in [0.29, 0.717) is 19.0 Å². The number of nitrogens with one attached hydrogen (secondary N) is 2. The third-order valence-electron chi connectivity index (χ3n) is 4.84. The molecule has 8 heteroatoms. The SMILES string of the molecule is CCS(=O)(=O)N(C)CCCNC(=NC)NCC1CCCOC1C(C)(C)C. The molecule has 0 amide bonds. The summed E-state index contributed by atoms with van der Waals surface area (Å²) < 4.78 is 30.9. The molecular formula is C18H38N4O3S. The first-order chi connectivity index (χ1) is 12.1. The van der Waals surface area contributed by atoms with E-state index in [1.807, 2.05) is 0 Å². The summed E-state index contributed by atoms with van der Waals surface area (Å²) in [5.74, 6) is 1.35. The van der Waals surface area contributed by atoms with E-state index in [2.05, 4.69) is 36.4 Å². The minimum Gasteiger partial charge on any atom is -0.377 e. The molecule has 1 aliphatic rings. The lowest BCUT2D eigenvalue weighted by atomic mass is 9.78. The highest BCUT2D eigenvalue weighted by Gasteiger charge is 2.35. The molecule has 2 unspecified atom stereocenters. The quantitative estimate of drug-likeness (QED) is 0.374. The second-order valence-electron chi connectivity index (χ2n) is 8.02. The Morgan fingerprint density at radius 1 is 1.31 bits per heavy atom. The molecule has 0 spiro atoms. The maximum atomic E-state index is 11.7. The van der Waals surface area contributed by atoms with Crippen molar-refractivity contribution >= 4 is 16.0 Å². The summed E-state index contributed by atoms with van der Waals surface area (Å²) >= 11 is 0. The van der Waals surface area contributed by atoms with Crippen molar-refractivity contribution in [1.29, 1.82) is 0 Å². The van der Waals surface area contributed by atoms with Gasteiger partial charge in [-0.1, -0.05) is 20.8 Å². The number of rotatable bonds is 8. The summed E-state index contributed by atoms with van der Waals surface area (Å²) in [4.78, 5) is 4.26. The minimum atomic E-state index is -3.10. The highest BCUT2D eigenvalue weighted by molar-refractivity contribution is 7.89. The van der Waals surface area contributed by atoms with E-state index in [1.165, 1.54) is 4.31 Å². The normalized spacial score (nSPS) is 22.5. The molecule has 1 saturated heterocycles. The van der Waals surface area contributed by atoms with Crippen LogP contribution in [0.25, 0.3) is 0 Å². The molecule has 1 heterocycles. The van der Waals surface area contributed by atoms with Crippen LogP contribution in [-0.4, -0.2) is 70.9 Å². The average Bonchev–Trinajstić information content (AvgIpc) is 2.60. The van der Waals surface area contributed by atoms with Crippen molar-refractivity contribution in [3.8, 4) is 0 Å². The first-order valence-electron chi connectivity index (χ1n) is 9.62. The van der Waals surface area contributed by atoms with Crippen molar-refractivity contribution in [3.63, 3.8) is 0 Å². The number of nitrogens with zero attached hydrogens (tertiary/aromatic N) is 2. The van der Waals surface area contributed by atoms with E-state index in [9.17, 15) is 8.42 Å². The number of sulfonamides is 1. The summed E-state index contributed by atoms with van der Waals surface area (Å²) in [6.45, 7) is 11.2. The third kappa shape index (κ3) is 7.40. The molecule has 7 nitrogen and oxygen atoms in total. The van der Waals surface area contributed by atoms with Gasteiger partial charge >= 0.3 is 0 Å². The molecule has 1 rings (SSSR count). The van der Waals surface area contributed by atoms with Gasteiger partial charge in [-0.3, -0.25) is 4.99 Å². The lowest BCUT2D eigenvalue weighted by Gasteiger charge is -2.40. The van der Waals surface area contributed by atoms with Gasteiger partial charge in [0.1, 0.15) is 0 Å². The zero-order valence-corrected chi connectivity index (χ0v) is 18.2. The Bertz CT molecular complexity index is 543. The second-order valence-corrected chi connectivity index (χ2v) is 10.4. The largest absolute Gasteiger partial charge is 0.377 e. The van der Waals surface area contributed by atoms with E-state index in [4.69, 9.17) is 4.74 Å². The molecule has 26 heavy (non-hydrogen) atoms. The Labute approximate surface area is 160 Å². The summed E-state index contributed by atoms with van der Waals surface area (Å²) in [6, 6.07) is 0. The van der Waals surface area contributed by atoms with Crippen LogP contribution in [0, 0.1) is 11.3 Å². The van der Waals surface area contributed by atoms with Crippen LogP contribution < -0.4 is 10.6 Å². The molecule has 154 valence electrons. The van der Waals surface area contributed by atoms with Crippen LogP contribution in [0.2, 0.25) is 0 Å². The van der Waals surface area contributed by atoms with Gasteiger partial charge in [-0.05, 0) is 31.6 Å². The van der Waals surface area contributed by atoms with Crippen molar-refractivity contribution in [2.45, 2.75) is 53.1 Å². The van der Waals surface area contributed by atoms with Gasteiger partial charge in [-0.15, -0.1) is 0 Å². The zero-order chi connectivity index (χ0) is 19.8. The molecular weight excluding hydrogens is 352 g/mol. The standard InChI is InChI=1S/C18H38N4O3S/c1-7-26(23,24)22(6)12-9-11-20-17(19-5)21-14-15-10-8-13-25-16(15)18(2,3)4/h15-16H,7-14H2,1-6H3,(H2,19,20,21). The fourth-order valence-corrected chi connectivity index (χ4v) is 4.17. The van der Waals surface area contributed by atoms with E-state index in [1.54, 1.807) is 21.0 Å². The van der Waals surface area contributed by atoms with Crippen LogP contribution in [0.5, 0.6) is 0 Å². The van der Waals surface area contributed by atoms with Crippen molar-refractivity contribution in [2.75, 3.05) is 46.1 Å². The lowest BCUT2D eigenvalue weighted by Crippen LogP contribution is -2.47. The van der Waals surface area contributed by atoms with Gasteiger partial charge < -0.3 is 15.4 Å². The second kappa shape index (κ2) is 10.5. The molecule has 0 aromatic rings. The Hall–Kier alpha value is -0.860. The average molecular weight is 391 g/mol. The molecule has 1 fully saturated rings. The predicted octanol–water partition coefficient (Wildman–Crippen LogP) is 1.66. The van der Waals surface area contributed by atoms with E-state index < -0.39 is 10.0 Å². The number of ether oxygens (including phenoxy) is 1. The van der Waals surface area contributed by atoms with E-state index in [0.717, 1.165) is 38.4 Å². The van der Waals surface area contributed by atoms with Crippen LogP contribution in [0.4, 0.5) is 0 Å². The molecule has 0 saturated carbocycles. The first-order valence-corrected chi connectivity index (χ1v) is 11.2. The summed E-state index contributed by atoms with van der Waals surface area (Å²) in [6.07, 6.45) is 3.23. The molecule has 0 aliphatic carbocycles. The summed E-state index contributed by atoms with van der Waals surface area (Å²) in [5.41, 5.74) is 0.124. The molecule has 2 N–H and O–H groups in total. The number of guanidine groups is 1. The Kier molecular flexibility index (Phi) is 9.33. The predicted molar refractivity (Wildman–Crippen MR) is 108 cm³/mol. The van der Waals surface area contributed by atoms with Gasteiger partial charge in [0.25, 0.3) is 0 Å². The number of hydrogen-bond acceptors (Lipinski definition) is 4. The molecule has 0 radical (unpaired) electrons. The van der Waals surface area contributed by atoms with E-state index in [-0.39, 0.29) is 17.3 Å². The zero-order valence-electron chi connectivity index (χ0n) is 17.3. The van der Waals surface area contributed by atoms with Gasteiger partial charge in [0.05, 0.1) is 11.9 Å². The van der Waals surface area contributed by atoms with Crippen LogP contribution >= 0.6 is 0 Å². The monoisotopic (exact) mass is 390 g/mol. The highest BCUT2D eigenvalue weighted by atomic mass is 32.2. The Balaban J connectivity index is 2.39. The van der Waals surface area contributed by atoms with Gasteiger partial charge in [0, 0.05) is 46.3 Å². The number of aliphatic imine (C=N–C) groups is 1. The fraction of sp³-hybridized carbons (Fsp3) is 0.944. The third-order valence-corrected chi connectivity index (χ3v) is 6.70. The van der Waals surface area contributed by atoms with Crippen LogP contribution in [0.3, 0.4) is 0 Å². The molecule has 0 aromatic carbocycles. The maximum absolute atomic E-state index is 11.7. The van der Waals surface area contributed by atoms with Gasteiger partial charge in [0.2, 0.25) is 10.0 Å². The van der Waals surface area contributed by atoms with Crippen molar-refractivity contribution in [1.82, 2.24) is 14.9 Å². The van der Waals surface area contributed by atoms with Gasteiger partial charge in [-0.2, -0.15) is 0 Å². The van der Waals surface area contributed by atoms with Crippen molar-refractivity contribution in [3.05, 3.63) is 0 Å². The molecule has 1 aliphatic heterocycles. The van der Waals surface area contributed by atoms with Crippen LogP contribution in [0.1, 0.15) is 47.0 Å². The minimum absolute atomic E-state index is 0.124.